The van der Waals surface area contributed by atoms with Crippen molar-refractivity contribution in [2.45, 2.75) is 20.0 Å². The molecule has 0 radical (unpaired) electrons. The van der Waals surface area contributed by atoms with E-state index in [1.807, 2.05) is 30.3 Å². The molecule has 146 valence electrons. The molecule has 0 unspecified atom stereocenters. The van der Waals surface area contributed by atoms with Crippen molar-refractivity contribution in [3.63, 3.8) is 0 Å². The second-order valence-electron chi connectivity index (χ2n) is 6.71. The highest BCUT2D eigenvalue weighted by atomic mass is 32.1. The van der Waals surface area contributed by atoms with Crippen LogP contribution >= 0.6 is 11.3 Å². The third kappa shape index (κ3) is 3.95. The maximum Gasteiger partial charge on any atom is 0.262 e. The molecule has 4 rings (SSSR count). The van der Waals surface area contributed by atoms with E-state index in [1.54, 1.807) is 19.1 Å². The Balaban J connectivity index is 1.62. The predicted octanol–water partition coefficient (Wildman–Crippen LogP) is 3.88. The summed E-state index contributed by atoms with van der Waals surface area (Å²) in [6, 6.07) is 15.7. The second kappa shape index (κ2) is 7.97. The number of thiophene rings is 1. The Labute approximate surface area is 170 Å². The molecule has 0 spiro atoms. The zero-order valence-electron chi connectivity index (χ0n) is 15.7. The minimum atomic E-state index is -0.353. The molecule has 1 amide bonds. The molecule has 0 aliphatic heterocycles. The Bertz CT molecular complexity index is 1250. The predicted molar refractivity (Wildman–Crippen MR) is 112 cm³/mol. The molecule has 0 fully saturated rings. The van der Waals surface area contributed by atoms with Crippen LogP contribution in [0, 0.1) is 12.7 Å². The second-order valence-corrected chi connectivity index (χ2v) is 7.71. The maximum absolute atomic E-state index is 13.4. The topological polar surface area (TPSA) is 64.0 Å². The molecule has 29 heavy (non-hydrogen) atoms. The van der Waals surface area contributed by atoms with Crippen LogP contribution < -0.4 is 10.9 Å². The van der Waals surface area contributed by atoms with Gasteiger partial charge >= 0.3 is 0 Å². The first-order valence-corrected chi connectivity index (χ1v) is 9.89. The van der Waals surface area contributed by atoms with Gasteiger partial charge in [0.25, 0.3) is 11.5 Å². The molecule has 0 atom stereocenters. The van der Waals surface area contributed by atoms with E-state index in [0.29, 0.717) is 32.8 Å². The number of nitrogens with one attached hydrogen (secondary N) is 1. The summed E-state index contributed by atoms with van der Waals surface area (Å²) in [5, 5.41) is 3.32. The molecule has 5 nitrogen and oxygen atoms in total. The van der Waals surface area contributed by atoms with Gasteiger partial charge in [-0.2, -0.15) is 0 Å². The van der Waals surface area contributed by atoms with Crippen LogP contribution in [-0.4, -0.2) is 15.5 Å². The Morgan fingerprint density at radius 1 is 1.14 bits per heavy atom. The van der Waals surface area contributed by atoms with Crippen LogP contribution in [0.25, 0.3) is 10.2 Å². The molecule has 0 aliphatic carbocycles. The van der Waals surface area contributed by atoms with Gasteiger partial charge in [0.2, 0.25) is 0 Å². The van der Waals surface area contributed by atoms with Gasteiger partial charge in [0.1, 0.15) is 10.6 Å². The summed E-state index contributed by atoms with van der Waals surface area (Å²) in [6.45, 7) is 2.38. The number of benzene rings is 2. The molecule has 7 heteroatoms. The number of aryl methyl sites for hydroxylation is 1. The van der Waals surface area contributed by atoms with Crippen molar-refractivity contribution >= 4 is 27.5 Å². The highest BCUT2D eigenvalue weighted by Crippen LogP contribution is 2.26. The van der Waals surface area contributed by atoms with E-state index in [1.165, 1.54) is 34.4 Å². The fraction of sp³-hybridized carbons (Fsp3) is 0.136. The van der Waals surface area contributed by atoms with Crippen LogP contribution in [0.2, 0.25) is 0 Å². The van der Waals surface area contributed by atoms with Gasteiger partial charge in [0.15, 0.2) is 0 Å². The molecule has 2 aromatic carbocycles. The van der Waals surface area contributed by atoms with E-state index < -0.39 is 0 Å². The zero-order valence-corrected chi connectivity index (χ0v) is 16.5. The summed E-state index contributed by atoms with van der Waals surface area (Å²) in [7, 11) is 0. The molecule has 0 aliphatic rings. The van der Waals surface area contributed by atoms with Crippen molar-refractivity contribution in [1.29, 1.82) is 0 Å². The highest BCUT2D eigenvalue weighted by molar-refractivity contribution is 7.20. The van der Waals surface area contributed by atoms with Crippen molar-refractivity contribution in [3.8, 4) is 0 Å². The summed E-state index contributed by atoms with van der Waals surface area (Å²) >= 11 is 1.20. The fourth-order valence-electron chi connectivity index (χ4n) is 3.18. The van der Waals surface area contributed by atoms with Gasteiger partial charge in [0, 0.05) is 6.54 Å². The molecule has 2 heterocycles. The van der Waals surface area contributed by atoms with E-state index in [-0.39, 0.29) is 23.8 Å². The summed E-state index contributed by atoms with van der Waals surface area (Å²) in [5.41, 5.74) is 2.04. The number of aromatic nitrogens is 2. The monoisotopic (exact) mass is 407 g/mol. The smallest absolute Gasteiger partial charge is 0.262 e. The van der Waals surface area contributed by atoms with Crippen LogP contribution in [0.15, 0.2) is 65.7 Å². The number of hydrogen-bond acceptors (Lipinski definition) is 4. The van der Waals surface area contributed by atoms with Crippen LogP contribution in [0.4, 0.5) is 4.39 Å². The van der Waals surface area contributed by atoms with E-state index in [0.717, 1.165) is 5.56 Å². The summed E-state index contributed by atoms with van der Waals surface area (Å²) in [5.74, 6) is -0.584. The van der Waals surface area contributed by atoms with Gasteiger partial charge in [-0.05, 0) is 35.7 Å². The maximum atomic E-state index is 13.4. The van der Waals surface area contributed by atoms with E-state index in [4.69, 9.17) is 0 Å². The number of fused-ring (bicyclic) bond motifs is 1. The summed E-state index contributed by atoms with van der Waals surface area (Å²) < 4.78 is 14.9. The van der Waals surface area contributed by atoms with Crippen molar-refractivity contribution < 1.29 is 9.18 Å². The highest BCUT2D eigenvalue weighted by Gasteiger charge is 2.19. The molecule has 4 aromatic rings. The van der Waals surface area contributed by atoms with E-state index in [2.05, 4.69) is 10.3 Å². The van der Waals surface area contributed by atoms with Gasteiger partial charge in [-0.25, -0.2) is 9.37 Å². The molecular formula is C22H18FN3O2S. The molecule has 2 aromatic heterocycles. The summed E-state index contributed by atoms with van der Waals surface area (Å²) in [4.78, 5) is 31.0. The van der Waals surface area contributed by atoms with Crippen molar-refractivity contribution in [2.24, 2.45) is 0 Å². The van der Waals surface area contributed by atoms with Crippen molar-refractivity contribution in [2.75, 3.05) is 0 Å². The first-order chi connectivity index (χ1) is 14.0. The Hall–Kier alpha value is -3.32. The molecular weight excluding hydrogens is 389 g/mol. The molecule has 1 N–H and O–H groups in total. The standard InChI is InChI=1S/C22H18FN3O2S/c1-14-18-21(29-19(14)20(27)24-11-15-6-3-2-4-7-15)25-13-26(22(18)28)12-16-8-5-9-17(23)10-16/h2-10,13H,11-12H2,1H3,(H,24,27). The summed E-state index contributed by atoms with van der Waals surface area (Å²) in [6.07, 6.45) is 1.44. The zero-order chi connectivity index (χ0) is 20.4. The lowest BCUT2D eigenvalue weighted by Gasteiger charge is -2.06. The third-order valence-electron chi connectivity index (χ3n) is 4.66. The van der Waals surface area contributed by atoms with Crippen LogP contribution in [0.5, 0.6) is 0 Å². The molecule has 0 saturated carbocycles. The van der Waals surface area contributed by atoms with Gasteiger partial charge < -0.3 is 5.32 Å². The first kappa shape index (κ1) is 19.0. The minimum Gasteiger partial charge on any atom is -0.347 e. The lowest BCUT2D eigenvalue weighted by molar-refractivity contribution is 0.0954. The Kier molecular flexibility index (Phi) is 5.22. The van der Waals surface area contributed by atoms with Gasteiger partial charge in [0.05, 0.1) is 23.1 Å². The Morgan fingerprint density at radius 2 is 1.90 bits per heavy atom. The van der Waals surface area contributed by atoms with Crippen molar-refractivity contribution in [1.82, 2.24) is 14.9 Å². The number of carbonyl (C=O) groups is 1. The average Bonchev–Trinajstić information content (AvgIpc) is 3.06. The Morgan fingerprint density at radius 3 is 2.66 bits per heavy atom. The van der Waals surface area contributed by atoms with Gasteiger partial charge in [-0.15, -0.1) is 11.3 Å². The van der Waals surface area contributed by atoms with Crippen LogP contribution in [0.1, 0.15) is 26.4 Å². The van der Waals surface area contributed by atoms with Crippen LogP contribution in [0.3, 0.4) is 0 Å². The number of halogens is 1. The van der Waals surface area contributed by atoms with Gasteiger partial charge in [-0.1, -0.05) is 42.5 Å². The molecule has 0 bridgehead atoms. The minimum absolute atomic E-state index is 0.213. The normalized spacial score (nSPS) is 11.0. The average molecular weight is 407 g/mol. The third-order valence-corrected chi connectivity index (χ3v) is 5.86. The first-order valence-electron chi connectivity index (χ1n) is 9.08. The lowest BCUT2D eigenvalue weighted by Crippen LogP contribution is -2.23. The lowest BCUT2D eigenvalue weighted by atomic mass is 10.2. The number of nitrogens with zero attached hydrogens (tertiary/aromatic N) is 2. The van der Waals surface area contributed by atoms with Crippen LogP contribution in [-0.2, 0) is 13.1 Å². The number of rotatable bonds is 5. The number of amides is 1. The fourth-order valence-corrected chi connectivity index (χ4v) is 4.23. The van der Waals surface area contributed by atoms with E-state index >= 15 is 0 Å². The number of carbonyl (C=O) groups excluding carboxylic acids is 1. The molecule has 0 saturated heterocycles. The van der Waals surface area contributed by atoms with E-state index in [9.17, 15) is 14.0 Å². The van der Waals surface area contributed by atoms with Gasteiger partial charge in [-0.3, -0.25) is 14.2 Å². The number of hydrogen-bond donors (Lipinski definition) is 1. The quantitative estimate of drug-likeness (QED) is 0.546. The van der Waals surface area contributed by atoms with Crippen molar-refractivity contribution in [3.05, 3.63) is 98.7 Å². The largest absolute Gasteiger partial charge is 0.347 e. The SMILES string of the molecule is Cc1c(C(=O)NCc2ccccc2)sc2ncn(Cc3cccc(F)c3)c(=O)c12.